The van der Waals surface area contributed by atoms with Crippen molar-refractivity contribution in [2.75, 3.05) is 7.11 Å². The molecule has 178 valence electrons. The number of carbonyl (C=O) groups is 1. The lowest BCUT2D eigenvalue weighted by Gasteiger charge is -2.12. The molecule has 3 aromatic rings. The van der Waals surface area contributed by atoms with Crippen LogP contribution in [0.2, 0.25) is 0 Å². The highest BCUT2D eigenvalue weighted by molar-refractivity contribution is 5.89. The first-order chi connectivity index (χ1) is 16.6. The Morgan fingerprint density at radius 3 is 2.71 bits per heavy atom. The molecule has 2 aromatic carbocycles. The number of rotatable bonds is 12. The van der Waals surface area contributed by atoms with Gasteiger partial charge in [0.25, 0.3) is 0 Å². The van der Waals surface area contributed by atoms with E-state index in [9.17, 15) is 4.79 Å². The standard InChI is InChI=1S/C30H36N2O2/c1-4-5-12-25(26-15-16-28-21-29(34-3)18-17-27(28)20-26)13-7-14-30(33)32-23(2)9-6-10-24-11-8-19-31-22-24/h7-8,11,13-23H,4-6,9-10,12H2,1-3H3,(H,32,33)/b14-7+,25-13+/t23-/m1/s1. The third kappa shape index (κ3) is 7.87. The lowest BCUT2D eigenvalue weighted by Crippen LogP contribution is -2.31. The number of amides is 1. The maximum atomic E-state index is 12.4. The first kappa shape index (κ1) is 25.2. The SMILES string of the molecule is CCCC/C(=C\C=C\C(=O)N[C@H](C)CCCc1cccnc1)c1ccc2cc(OC)ccc2c1. The second kappa shape index (κ2) is 13.3. The number of nitrogens with one attached hydrogen (secondary N) is 1. The van der Waals surface area contributed by atoms with Gasteiger partial charge in [-0.2, -0.15) is 0 Å². The highest BCUT2D eigenvalue weighted by Gasteiger charge is 2.06. The number of allylic oxidation sites excluding steroid dienone is 3. The van der Waals surface area contributed by atoms with E-state index < -0.39 is 0 Å². The van der Waals surface area contributed by atoms with Gasteiger partial charge >= 0.3 is 0 Å². The third-order valence-electron chi connectivity index (χ3n) is 5.98. The Labute approximate surface area is 203 Å². The molecule has 0 saturated carbocycles. The number of ether oxygens (including phenoxy) is 1. The number of hydrogen-bond donors (Lipinski definition) is 1. The molecular weight excluding hydrogens is 420 g/mol. The smallest absolute Gasteiger partial charge is 0.244 e. The van der Waals surface area contributed by atoms with E-state index in [1.807, 2.05) is 24.4 Å². The summed E-state index contributed by atoms with van der Waals surface area (Å²) in [4.78, 5) is 16.6. The van der Waals surface area contributed by atoms with Gasteiger partial charge < -0.3 is 10.1 Å². The summed E-state index contributed by atoms with van der Waals surface area (Å²) in [5.74, 6) is 0.813. The van der Waals surface area contributed by atoms with E-state index in [4.69, 9.17) is 4.74 Å². The molecule has 1 aromatic heterocycles. The van der Waals surface area contributed by atoms with Crippen LogP contribution in [0.3, 0.4) is 0 Å². The van der Waals surface area contributed by atoms with Crippen LogP contribution in [0.15, 0.2) is 79.2 Å². The monoisotopic (exact) mass is 456 g/mol. The first-order valence-corrected chi connectivity index (χ1v) is 12.2. The molecule has 4 nitrogen and oxygen atoms in total. The van der Waals surface area contributed by atoms with Gasteiger partial charge in [0.2, 0.25) is 5.91 Å². The summed E-state index contributed by atoms with van der Waals surface area (Å²) in [6, 6.07) is 16.8. The summed E-state index contributed by atoms with van der Waals surface area (Å²) >= 11 is 0. The number of nitrogens with zero attached hydrogens (tertiary/aromatic N) is 1. The molecular formula is C30H36N2O2. The van der Waals surface area contributed by atoms with Crippen LogP contribution >= 0.6 is 0 Å². The molecule has 3 rings (SSSR count). The van der Waals surface area contributed by atoms with Crippen molar-refractivity contribution in [3.63, 3.8) is 0 Å². The zero-order valence-electron chi connectivity index (χ0n) is 20.6. The van der Waals surface area contributed by atoms with E-state index in [1.165, 1.54) is 22.1 Å². The molecule has 0 fully saturated rings. The Morgan fingerprint density at radius 2 is 1.94 bits per heavy atom. The van der Waals surface area contributed by atoms with Crippen molar-refractivity contribution in [2.24, 2.45) is 0 Å². The van der Waals surface area contributed by atoms with Crippen LogP contribution < -0.4 is 10.1 Å². The Bertz CT molecular complexity index is 1120. The van der Waals surface area contributed by atoms with Crippen molar-refractivity contribution in [1.29, 1.82) is 0 Å². The van der Waals surface area contributed by atoms with Gasteiger partial charge in [-0.1, -0.05) is 49.8 Å². The zero-order chi connectivity index (χ0) is 24.2. The summed E-state index contributed by atoms with van der Waals surface area (Å²) < 4.78 is 5.34. The van der Waals surface area contributed by atoms with E-state index >= 15 is 0 Å². The minimum Gasteiger partial charge on any atom is -0.497 e. The molecule has 0 spiro atoms. The predicted molar refractivity (Wildman–Crippen MR) is 142 cm³/mol. The average Bonchev–Trinajstić information content (AvgIpc) is 2.86. The van der Waals surface area contributed by atoms with Crippen LogP contribution in [0.25, 0.3) is 16.3 Å². The fraction of sp³-hybridized carbons (Fsp3) is 0.333. The topological polar surface area (TPSA) is 51.2 Å². The van der Waals surface area contributed by atoms with Crippen molar-refractivity contribution < 1.29 is 9.53 Å². The number of carbonyl (C=O) groups excluding carboxylic acids is 1. The van der Waals surface area contributed by atoms with Crippen molar-refractivity contribution >= 4 is 22.3 Å². The molecule has 1 heterocycles. The highest BCUT2D eigenvalue weighted by Crippen LogP contribution is 2.27. The quantitative estimate of drug-likeness (QED) is 0.238. The van der Waals surface area contributed by atoms with E-state index in [1.54, 1.807) is 19.4 Å². The maximum absolute atomic E-state index is 12.4. The van der Waals surface area contributed by atoms with E-state index in [-0.39, 0.29) is 11.9 Å². The summed E-state index contributed by atoms with van der Waals surface area (Å²) in [6.45, 7) is 4.25. The van der Waals surface area contributed by atoms with Crippen LogP contribution in [0.4, 0.5) is 0 Å². The van der Waals surface area contributed by atoms with Crippen molar-refractivity contribution in [2.45, 2.75) is 58.4 Å². The number of benzene rings is 2. The molecule has 0 aliphatic carbocycles. The van der Waals surface area contributed by atoms with E-state index in [0.717, 1.165) is 49.7 Å². The lowest BCUT2D eigenvalue weighted by atomic mass is 9.97. The highest BCUT2D eigenvalue weighted by atomic mass is 16.5. The molecule has 0 unspecified atom stereocenters. The number of aryl methyl sites for hydroxylation is 1. The predicted octanol–water partition coefficient (Wildman–Crippen LogP) is 6.90. The van der Waals surface area contributed by atoms with E-state index in [0.29, 0.717) is 0 Å². The number of hydrogen-bond acceptors (Lipinski definition) is 3. The molecule has 0 aliphatic heterocycles. The van der Waals surface area contributed by atoms with Crippen LogP contribution in [0.5, 0.6) is 5.75 Å². The molecule has 1 N–H and O–H groups in total. The van der Waals surface area contributed by atoms with Gasteiger partial charge in [0.05, 0.1) is 7.11 Å². The number of pyridine rings is 1. The molecule has 0 bridgehead atoms. The fourth-order valence-corrected chi connectivity index (χ4v) is 4.01. The number of methoxy groups -OCH3 is 1. The largest absolute Gasteiger partial charge is 0.497 e. The van der Waals surface area contributed by atoms with Crippen LogP contribution in [0.1, 0.15) is 57.1 Å². The van der Waals surface area contributed by atoms with Gasteiger partial charge in [0, 0.05) is 24.5 Å². The molecule has 0 saturated heterocycles. The summed E-state index contributed by atoms with van der Waals surface area (Å²) in [7, 11) is 1.69. The van der Waals surface area contributed by atoms with Crippen molar-refractivity contribution in [3.8, 4) is 5.75 Å². The minimum absolute atomic E-state index is 0.0504. The fourth-order valence-electron chi connectivity index (χ4n) is 4.01. The van der Waals surface area contributed by atoms with Crippen LogP contribution in [0, 0.1) is 0 Å². The molecule has 34 heavy (non-hydrogen) atoms. The number of unbranched alkanes of at least 4 members (excludes halogenated alkanes) is 1. The van der Waals surface area contributed by atoms with Gasteiger partial charge in [-0.3, -0.25) is 9.78 Å². The van der Waals surface area contributed by atoms with Crippen LogP contribution in [-0.2, 0) is 11.2 Å². The van der Waals surface area contributed by atoms with Gasteiger partial charge in [0.1, 0.15) is 5.75 Å². The molecule has 4 heteroatoms. The summed E-state index contributed by atoms with van der Waals surface area (Å²) in [6.07, 6.45) is 15.4. The van der Waals surface area contributed by atoms with Gasteiger partial charge in [0.15, 0.2) is 0 Å². The number of aromatic nitrogens is 1. The normalized spacial score (nSPS) is 12.7. The Balaban J connectivity index is 1.59. The number of fused-ring (bicyclic) bond motifs is 1. The molecule has 1 atom stereocenters. The maximum Gasteiger partial charge on any atom is 0.244 e. The Morgan fingerprint density at radius 1 is 1.12 bits per heavy atom. The summed E-state index contributed by atoms with van der Waals surface area (Å²) in [5, 5.41) is 5.42. The minimum atomic E-state index is -0.0504. The second-order valence-corrected chi connectivity index (χ2v) is 8.75. The Kier molecular flexibility index (Phi) is 9.90. The Hall–Kier alpha value is -3.40. The zero-order valence-corrected chi connectivity index (χ0v) is 20.6. The van der Waals surface area contributed by atoms with Crippen LogP contribution in [-0.4, -0.2) is 24.0 Å². The first-order valence-electron chi connectivity index (χ1n) is 12.2. The average molecular weight is 457 g/mol. The van der Waals surface area contributed by atoms with E-state index in [2.05, 4.69) is 66.6 Å². The van der Waals surface area contributed by atoms with Crippen molar-refractivity contribution in [1.82, 2.24) is 10.3 Å². The molecule has 1 amide bonds. The van der Waals surface area contributed by atoms with Gasteiger partial charge in [-0.15, -0.1) is 0 Å². The molecule has 0 aliphatic rings. The lowest BCUT2D eigenvalue weighted by molar-refractivity contribution is -0.117. The second-order valence-electron chi connectivity index (χ2n) is 8.75. The summed E-state index contributed by atoms with van der Waals surface area (Å²) in [5.41, 5.74) is 3.67. The van der Waals surface area contributed by atoms with Gasteiger partial charge in [-0.25, -0.2) is 0 Å². The molecule has 0 radical (unpaired) electrons. The van der Waals surface area contributed by atoms with Crippen molar-refractivity contribution in [3.05, 3.63) is 90.3 Å². The third-order valence-corrected chi connectivity index (χ3v) is 5.98. The van der Waals surface area contributed by atoms with Gasteiger partial charge in [-0.05, 0) is 90.8 Å².